The minimum atomic E-state index is 0.735. The monoisotopic (exact) mass is 484 g/mol. The summed E-state index contributed by atoms with van der Waals surface area (Å²) in [6, 6.07) is 28.7. The number of nitrogens with zero attached hydrogens (tertiary/aromatic N) is 4. The van der Waals surface area contributed by atoms with E-state index >= 15 is 0 Å². The molecule has 5 nitrogen and oxygen atoms in total. The summed E-state index contributed by atoms with van der Waals surface area (Å²) in [4.78, 5) is 4.83. The first-order valence-corrected chi connectivity index (χ1v) is 12.9. The lowest BCUT2D eigenvalue weighted by molar-refractivity contribution is 0.415. The second-order valence-electron chi connectivity index (χ2n) is 7.69. The van der Waals surface area contributed by atoms with Gasteiger partial charge >= 0.3 is 0 Å². The zero-order valence-electron chi connectivity index (χ0n) is 18.8. The van der Waals surface area contributed by atoms with E-state index in [9.17, 15) is 0 Å². The molecular weight excluding hydrogens is 460 g/mol. The normalized spacial score (nSPS) is 11.0. The maximum Gasteiger partial charge on any atom is 0.191 e. The Labute approximate surface area is 207 Å². The summed E-state index contributed by atoms with van der Waals surface area (Å²) in [6.45, 7) is 0.777. The largest absolute Gasteiger partial charge is 0.496 e. The van der Waals surface area contributed by atoms with Crippen molar-refractivity contribution in [2.75, 3.05) is 7.11 Å². The first-order chi connectivity index (χ1) is 16.8. The van der Waals surface area contributed by atoms with E-state index in [1.807, 2.05) is 48.5 Å². The summed E-state index contributed by atoms with van der Waals surface area (Å²) < 4.78 is 7.80. The maximum atomic E-state index is 5.60. The second kappa shape index (κ2) is 10.7. The minimum Gasteiger partial charge on any atom is -0.496 e. The zero-order chi connectivity index (χ0) is 23.2. The van der Waals surface area contributed by atoms with Gasteiger partial charge in [-0.1, -0.05) is 84.6 Å². The van der Waals surface area contributed by atoms with Crippen molar-refractivity contribution in [2.24, 2.45) is 0 Å². The first kappa shape index (κ1) is 22.4. The highest BCUT2D eigenvalue weighted by Crippen LogP contribution is 2.33. The number of para-hydroxylation sites is 1. The number of hydrogen-bond donors (Lipinski definition) is 0. The highest BCUT2D eigenvalue weighted by Gasteiger charge is 2.18. The molecule has 0 aliphatic rings. The van der Waals surface area contributed by atoms with Crippen LogP contribution in [0.15, 0.2) is 95.5 Å². The van der Waals surface area contributed by atoms with E-state index in [0.717, 1.165) is 57.3 Å². The molecule has 7 heteroatoms. The van der Waals surface area contributed by atoms with Crippen LogP contribution in [0.3, 0.4) is 0 Å². The number of thioether (sulfide) groups is 1. The first-order valence-electron chi connectivity index (χ1n) is 11.0. The molecule has 0 N–H and O–H groups in total. The van der Waals surface area contributed by atoms with E-state index < -0.39 is 0 Å². The molecule has 0 bridgehead atoms. The molecule has 0 radical (unpaired) electrons. The van der Waals surface area contributed by atoms with Crippen LogP contribution in [0, 0.1) is 0 Å². The Morgan fingerprint density at radius 2 is 1.62 bits per heavy atom. The Balaban J connectivity index is 1.40. The van der Waals surface area contributed by atoms with Gasteiger partial charge in [-0.3, -0.25) is 0 Å². The van der Waals surface area contributed by atoms with Crippen molar-refractivity contribution in [3.05, 3.63) is 102 Å². The van der Waals surface area contributed by atoms with E-state index in [4.69, 9.17) is 9.72 Å². The van der Waals surface area contributed by atoms with Crippen molar-refractivity contribution in [1.82, 2.24) is 19.7 Å². The van der Waals surface area contributed by atoms with Gasteiger partial charge in [0.05, 0.1) is 18.4 Å². The van der Waals surface area contributed by atoms with Gasteiger partial charge in [-0.05, 0) is 24.1 Å². The van der Waals surface area contributed by atoms with Crippen LogP contribution in [0.5, 0.6) is 5.75 Å². The number of aromatic nitrogens is 4. The molecule has 5 aromatic rings. The summed E-state index contributed by atoms with van der Waals surface area (Å²) >= 11 is 3.34. The number of ether oxygens (including phenoxy) is 1. The van der Waals surface area contributed by atoms with Crippen molar-refractivity contribution in [3.8, 4) is 27.7 Å². The Morgan fingerprint density at radius 1 is 0.882 bits per heavy atom. The molecule has 2 aromatic heterocycles. The molecule has 0 unspecified atom stereocenters. The third-order valence-corrected chi connectivity index (χ3v) is 7.39. The second-order valence-corrected chi connectivity index (χ2v) is 9.49. The van der Waals surface area contributed by atoms with Crippen molar-refractivity contribution >= 4 is 23.1 Å². The molecule has 0 saturated heterocycles. The number of methoxy groups -OCH3 is 1. The van der Waals surface area contributed by atoms with Crippen molar-refractivity contribution in [3.63, 3.8) is 0 Å². The van der Waals surface area contributed by atoms with E-state index in [1.54, 1.807) is 30.2 Å². The number of benzene rings is 3. The summed E-state index contributed by atoms with van der Waals surface area (Å²) in [5.74, 6) is 2.34. The van der Waals surface area contributed by atoms with Crippen LogP contribution in [0.4, 0.5) is 0 Å². The molecule has 0 aliphatic heterocycles. The lowest BCUT2D eigenvalue weighted by atomic mass is 10.1. The van der Waals surface area contributed by atoms with Gasteiger partial charge in [-0.2, -0.15) is 0 Å². The van der Waals surface area contributed by atoms with Gasteiger partial charge in [0.2, 0.25) is 0 Å². The van der Waals surface area contributed by atoms with Gasteiger partial charge in [0, 0.05) is 23.2 Å². The zero-order valence-corrected chi connectivity index (χ0v) is 20.4. The van der Waals surface area contributed by atoms with E-state index in [0.29, 0.717) is 0 Å². The van der Waals surface area contributed by atoms with E-state index in [1.165, 1.54) is 5.56 Å². The number of rotatable bonds is 9. The molecule has 0 amide bonds. The van der Waals surface area contributed by atoms with Gasteiger partial charge in [-0.25, -0.2) is 4.98 Å². The summed E-state index contributed by atoms with van der Waals surface area (Å²) in [5.41, 5.74) is 4.42. The van der Waals surface area contributed by atoms with E-state index in [-0.39, 0.29) is 0 Å². The average Bonchev–Trinajstić information content (AvgIpc) is 3.54. The Morgan fingerprint density at radius 3 is 2.41 bits per heavy atom. The number of aryl methyl sites for hydroxylation is 1. The fourth-order valence-corrected chi connectivity index (χ4v) is 5.52. The molecule has 170 valence electrons. The molecular formula is C27H24N4OS2. The smallest absolute Gasteiger partial charge is 0.191 e. The summed E-state index contributed by atoms with van der Waals surface area (Å²) in [6.07, 6.45) is 0.892. The molecule has 34 heavy (non-hydrogen) atoms. The SMILES string of the molecule is COc1ccccc1-c1nnc(SCc2csc(-c3ccccc3)n2)n1CCc1ccccc1. The molecule has 0 spiro atoms. The van der Waals surface area contributed by atoms with Crippen LogP contribution in [0.1, 0.15) is 11.3 Å². The van der Waals surface area contributed by atoms with Crippen molar-refractivity contribution in [1.29, 1.82) is 0 Å². The number of thiazole rings is 1. The van der Waals surface area contributed by atoms with Crippen LogP contribution in [-0.2, 0) is 18.7 Å². The highest BCUT2D eigenvalue weighted by atomic mass is 32.2. The molecule has 3 aromatic carbocycles. The molecule has 5 rings (SSSR count). The van der Waals surface area contributed by atoms with E-state index in [2.05, 4.69) is 56.5 Å². The van der Waals surface area contributed by atoms with Gasteiger partial charge in [0.1, 0.15) is 10.8 Å². The Hall–Kier alpha value is -3.42. The molecule has 0 atom stereocenters. The summed E-state index contributed by atoms with van der Waals surface area (Å²) in [7, 11) is 1.69. The van der Waals surface area contributed by atoms with Crippen LogP contribution >= 0.6 is 23.1 Å². The van der Waals surface area contributed by atoms with Crippen LogP contribution in [0.2, 0.25) is 0 Å². The van der Waals surface area contributed by atoms with Crippen molar-refractivity contribution in [2.45, 2.75) is 23.9 Å². The predicted molar refractivity (Wildman–Crippen MR) is 139 cm³/mol. The summed E-state index contributed by atoms with van der Waals surface area (Å²) in [5, 5.41) is 13.2. The van der Waals surface area contributed by atoms with Gasteiger partial charge in [-0.15, -0.1) is 21.5 Å². The van der Waals surface area contributed by atoms with Gasteiger partial charge in [0.15, 0.2) is 11.0 Å². The van der Waals surface area contributed by atoms with Gasteiger partial charge in [0.25, 0.3) is 0 Å². The molecule has 2 heterocycles. The topological polar surface area (TPSA) is 52.8 Å². The lowest BCUT2D eigenvalue weighted by Gasteiger charge is -2.12. The minimum absolute atomic E-state index is 0.735. The third kappa shape index (κ3) is 5.05. The van der Waals surface area contributed by atoms with Crippen LogP contribution in [0.25, 0.3) is 22.0 Å². The molecule has 0 saturated carbocycles. The fraction of sp³-hybridized carbons (Fsp3) is 0.148. The fourth-order valence-electron chi connectivity index (χ4n) is 3.74. The van der Waals surface area contributed by atoms with Crippen LogP contribution < -0.4 is 4.74 Å². The Bertz CT molecular complexity index is 1350. The number of hydrogen-bond acceptors (Lipinski definition) is 6. The molecule has 0 aliphatic carbocycles. The molecule has 0 fully saturated rings. The van der Waals surface area contributed by atoms with Crippen molar-refractivity contribution < 1.29 is 4.74 Å². The quantitative estimate of drug-likeness (QED) is 0.220. The van der Waals surface area contributed by atoms with Crippen LogP contribution in [-0.4, -0.2) is 26.9 Å². The highest BCUT2D eigenvalue weighted by molar-refractivity contribution is 7.98. The standard InChI is InChI=1S/C27H24N4OS2/c1-32-24-15-9-8-14-23(24)25-29-30-27(31(25)17-16-20-10-4-2-5-11-20)34-19-22-18-33-26(28-22)21-12-6-3-7-13-21/h2-15,18H,16-17,19H2,1H3. The third-order valence-electron chi connectivity index (χ3n) is 5.45. The van der Waals surface area contributed by atoms with Gasteiger partial charge < -0.3 is 9.30 Å². The average molecular weight is 485 g/mol. The maximum absolute atomic E-state index is 5.60. The Kier molecular flexibility index (Phi) is 7.02. The lowest BCUT2D eigenvalue weighted by Crippen LogP contribution is -2.06. The predicted octanol–water partition coefficient (Wildman–Crippen LogP) is 6.61.